The molecule has 2 aliphatic carbocycles. The fourth-order valence-corrected chi connectivity index (χ4v) is 5.35. The lowest BCUT2D eigenvalue weighted by molar-refractivity contribution is 0.0338. The Kier molecular flexibility index (Phi) is 4.63. The van der Waals surface area contributed by atoms with Crippen molar-refractivity contribution in [3.05, 3.63) is 41.0 Å². The Hall–Kier alpha value is -1.32. The maximum atomic E-state index is 5.82. The summed E-state index contributed by atoms with van der Waals surface area (Å²) < 4.78 is 11.3. The molecule has 3 nitrogen and oxygen atoms in total. The maximum Gasteiger partial charge on any atom is 0.123 e. The van der Waals surface area contributed by atoms with Crippen molar-refractivity contribution in [3.63, 3.8) is 0 Å². The van der Waals surface area contributed by atoms with E-state index in [1.54, 1.807) is 0 Å². The van der Waals surface area contributed by atoms with Crippen LogP contribution in [0.3, 0.4) is 0 Å². The highest BCUT2D eigenvalue weighted by molar-refractivity contribution is 5.49. The van der Waals surface area contributed by atoms with E-state index in [1.807, 2.05) is 7.11 Å². The number of fused-ring (bicyclic) bond motifs is 3. The molecule has 0 spiro atoms. The van der Waals surface area contributed by atoms with Crippen LogP contribution >= 0.6 is 0 Å². The fraction of sp³-hybridized carbons (Fsp3) is 0.636. The van der Waals surface area contributed by atoms with E-state index < -0.39 is 0 Å². The molecule has 3 heteroatoms. The lowest BCUT2D eigenvalue weighted by Crippen LogP contribution is -2.40. The van der Waals surface area contributed by atoms with Gasteiger partial charge in [-0.3, -0.25) is 4.90 Å². The van der Waals surface area contributed by atoms with Crippen molar-refractivity contribution < 1.29 is 9.47 Å². The quantitative estimate of drug-likeness (QED) is 0.773. The number of methoxy groups -OCH3 is 1. The second-order valence-corrected chi connectivity index (χ2v) is 8.23. The molecular formula is C22H31NO2. The van der Waals surface area contributed by atoms with E-state index in [0.29, 0.717) is 5.92 Å². The van der Waals surface area contributed by atoms with E-state index in [1.165, 1.54) is 54.4 Å². The summed E-state index contributed by atoms with van der Waals surface area (Å²) in [6.45, 7) is 11.5. The third-order valence-corrected chi connectivity index (χ3v) is 6.78. The maximum absolute atomic E-state index is 5.82. The van der Waals surface area contributed by atoms with E-state index in [2.05, 4.69) is 30.5 Å². The Morgan fingerprint density at radius 3 is 2.84 bits per heavy atom. The molecule has 1 heterocycles. The van der Waals surface area contributed by atoms with Crippen LogP contribution in [0.15, 0.2) is 24.3 Å². The Morgan fingerprint density at radius 1 is 1.28 bits per heavy atom. The van der Waals surface area contributed by atoms with Crippen molar-refractivity contribution in [2.75, 3.05) is 33.4 Å². The van der Waals surface area contributed by atoms with Crippen LogP contribution in [-0.2, 0) is 23.1 Å². The van der Waals surface area contributed by atoms with Gasteiger partial charge in [-0.25, -0.2) is 0 Å². The Labute approximate surface area is 152 Å². The van der Waals surface area contributed by atoms with E-state index in [9.17, 15) is 0 Å². The molecule has 1 saturated heterocycles. The first-order chi connectivity index (χ1) is 12.1. The van der Waals surface area contributed by atoms with Crippen LogP contribution in [0.5, 0.6) is 5.75 Å². The molecule has 2 fully saturated rings. The Bertz CT molecular complexity index is 662. The first-order valence-corrected chi connectivity index (χ1v) is 9.80. The molecule has 0 radical (unpaired) electrons. The smallest absolute Gasteiger partial charge is 0.123 e. The minimum absolute atomic E-state index is 0.244. The summed E-state index contributed by atoms with van der Waals surface area (Å²) in [7, 11) is 1.81. The second kappa shape index (κ2) is 6.77. The van der Waals surface area contributed by atoms with E-state index in [0.717, 1.165) is 38.6 Å². The number of nitrogens with zero attached hydrogens (tertiary/aromatic N) is 1. The van der Waals surface area contributed by atoms with Crippen molar-refractivity contribution >= 4 is 0 Å². The summed E-state index contributed by atoms with van der Waals surface area (Å²) in [5.74, 6) is 1.70. The van der Waals surface area contributed by atoms with Gasteiger partial charge in [-0.1, -0.05) is 25.1 Å². The highest BCUT2D eigenvalue weighted by Crippen LogP contribution is 2.52. The van der Waals surface area contributed by atoms with Crippen molar-refractivity contribution in [1.82, 2.24) is 4.90 Å². The minimum Gasteiger partial charge on any atom is -0.496 e. The van der Waals surface area contributed by atoms with Crippen molar-refractivity contribution in [3.8, 4) is 5.75 Å². The highest BCUT2D eigenvalue weighted by Gasteiger charge is 2.43. The van der Waals surface area contributed by atoms with Gasteiger partial charge in [0.1, 0.15) is 5.75 Å². The summed E-state index contributed by atoms with van der Waals surface area (Å²) in [4.78, 5) is 2.48. The molecule has 2 atom stereocenters. The van der Waals surface area contributed by atoms with Gasteiger partial charge in [0.15, 0.2) is 0 Å². The number of hydrogen-bond acceptors (Lipinski definition) is 3. The van der Waals surface area contributed by atoms with E-state index in [4.69, 9.17) is 9.47 Å². The largest absolute Gasteiger partial charge is 0.496 e. The molecule has 0 aromatic heterocycles. The van der Waals surface area contributed by atoms with Crippen molar-refractivity contribution in [2.45, 2.75) is 51.0 Å². The molecule has 1 aliphatic heterocycles. The zero-order chi connectivity index (χ0) is 17.4. The summed E-state index contributed by atoms with van der Waals surface area (Å²) in [6.07, 6.45) is 6.18. The number of aryl methyl sites for hydroxylation is 1. The number of hydrogen-bond donors (Lipinski definition) is 0. The lowest BCUT2D eigenvalue weighted by Gasteiger charge is -2.48. The van der Waals surface area contributed by atoms with Crippen molar-refractivity contribution in [2.24, 2.45) is 5.92 Å². The monoisotopic (exact) mass is 341 g/mol. The molecule has 3 aliphatic rings. The van der Waals surface area contributed by atoms with Gasteiger partial charge in [0.25, 0.3) is 0 Å². The van der Waals surface area contributed by atoms with Gasteiger partial charge in [0, 0.05) is 25.2 Å². The predicted molar refractivity (Wildman–Crippen MR) is 101 cm³/mol. The SMILES string of the molecule is C=C1CCC[C@]2(C)c3cc(OC)c(CN4CCOCC4)cc3CC[C@@H]12. The number of allylic oxidation sites excluding steroid dienone is 1. The highest BCUT2D eigenvalue weighted by atomic mass is 16.5. The molecule has 0 N–H and O–H groups in total. The van der Waals surface area contributed by atoms with Gasteiger partial charge in [-0.05, 0) is 60.6 Å². The van der Waals surface area contributed by atoms with Crippen LogP contribution in [-0.4, -0.2) is 38.3 Å². The third kappa shape index (κ3) is 3.02. The molecule has 1 saturated carbocycles. The van der Waals surface area contributed by atoms with Crippen LogP contribution in [0, 0.1) is 5.92 Å². The second-order valence-electron chi connectivity index (χ2n) is 8.23. The fourth-order valence-electron chi connectivity index (χ4n) is 5.35. The molecule has 1 aromatic rings. The number of ether oxygens (including phenoxy) is 2. The summed E-state index contributed by atoms with van der Waals surface area (Å²) in [6, 6.07) is 4.79. The van der Waals surface area contributed by atoms with Gasteiger partial charge in [-0.2, -0.15) is 0 Å². The van der Waals surface area contributed by atoms with Gasteiger partial charge in [-0.15, -0.1) is 0 Å². The van der Waals surface area contributed by atoms with Crippen LogP contribution in [0.1, 0.15) is 49.3 Å². The molecule has 136 valence electrons. The molecule has 1 aromatic carbocycles. The van der Waals surface area contributed by atoms with E-state index in [-0.39, 0.29) is 5.41 Å². The lowest BCUT2D eigenvalue weighted by atomic mass is 9.57. The molecule has 25 heavy (non-hydrogen) atoms. The van der Waals surface area contributed by atoms with Gasteiger partial charge < -0.3 is 9.47 Å². The summed E-state index contributed by atoms with van der Waals surface area (Å²) in [5, 5.41) is 0. The van der Waals surface area contributed by atoms with Gasteiger partial charge in [0.05, 0.1) is 20.3 Å². The first-order valence-electron chi connectivity index (χ1n) is 9.80. The minimum atomic E-state index is 0.244. The molecular weight excluding hydrogens is 310 g/mol. The van der Waals surface area contributed by atoms with Crippen LogP contribution in [0.4, 0.5) is 0 Å². The predicted octanol–water partition coefficient (Wildman–Crippen LogP) is 4.09. The molecule has 0 amide bonds. The topological polar surface area (TPSA) is 21.7 Å². The summed E-state index contributed by atoms with van der Waals surface area (Å²) in [5.41, 5.74) is 6.11. The average Bonchev–Trinajstić information content (AvgIpc) is 2.62. The Morgan fingerprint density at radius 2 is 2.08 bits per heavy atom. The van der Waals surface area contributed by atoms with Gasteiger partial charge >= 0.3 is 0 Å². The zero-order valence-electron chi connectivity index (χ0n) is 15.8. The van der Waals surface area contributed by atoms with Gasteiger partial charge in [0.2, 0.25) is 0 Å². The standard InChI is InChI=1S/C22H31NO2/c1-16-5-4-8-22(2)19(16)7-6-17-13-18(21(24-3)14-20(17)22)15-23-9-11-25-12-10-23/h13-14,19H,1,4-12,15H2,2-3H3/t19-,22-/m0/s1. The van der Waals surface area contributed by atoms with Crippen LogP contribution in [0.25, 0.3) is 0 Å². The third-order valence-electron chi connectivity index (χ3n) is 6.78. The van der Waals surface area contributed by atoms with Crippen molar-refractivity contribution in [1.29, 1.82) is 0 Å². The summed E-state index contributed by atoms with van der Waals surface area (Å²) >= 11 is 0. The Balaban J connectivity index is 1.68. The number of morpholine rings is 1. The molecule has 0 bridgehead atoms. The normalized spacial score (nSPS) is 29.8. The molecule has 0 unspecified atom stereocenters. The van der Waals surface area contributed by atoms with Crippen LogP contribution < -0.4 is 4.74 Å². The molecule has 4 rings (SSSR count). The number of rotatable bonds is 3. The first kappa shape index (κ1) is 17.1. The van der Waals surface area contributed by atoms with E-state index >= 15 is 0 Å². The zero-order valence-corrected chi connectivity index (χ0v) is 15.8. The number of benzene rings is 1. The average molecular weight is 341 g/mol. The van der Waals surface area contributed by atoms with Crippen LogP contribution in [0.2, 0.25) is 0 Å².